The number of hydrogen-bond acceptors (Lipinski definition) is 6. The first-order valence-electron chi connectivity index (χ1n) is 7.36. The molecule has 116 valence electrons. The number of hydrogen-bond donors (Lipinski definition) is 3. The van der Waals surface area contributed by atoms with E-state index in [1.165, 1.54) is 6.33 Å². The van der Waals surface area contributed by atoms with Crippen LogP contribution in [0.15, 0.2) is 6.33 Å². The lowest BCUT2D eigenvalue weighted by atomic mass is 10.0. The topological polar surface area (TPSA) is 96.2 Å². The average molecular weight is 292 g/mol. The molecular weight excluding hydrogens is 268 g/mol. The number of nitrogens with one attached hydrogen (secondary N) is 2. The van der Waals surface area contributed by atoms with Crippen molar-refractivity contribution in [3.05, 3.63) is 11.9 Å². The van der Waals surface area contributed by atoms with Crippen LogP contribution < -0.4 is 21.5 Å². The molecule has 0 bridgehead atoms. The minimum atomic E-state index is 0.0352. The van der Waals surface area contributed by atoms with Crippen molar-refractivity contribution in [1.82, 2.24) is 15.3 Å². The minimum absolute atomic E-state index is 0.0352. The molecule has 2 rings (SSSR count). The van der Waals surface area contributed by atoms with Crippen molar-refractivity contribution in [2.45, 2.75) is 45.6 Å². The Kier molecular flexibility index (Phi) is 4.95. The number of carbonyl (C=O) groups is 1. The number of aromatic nitrogens is 2. The largest absolute Gasteiger partial charge is 0.356 e. The number of nitrogen functional groups attached to an aromatic ring is 1. The SMILES string of the molecule is CC(=O)NC1CCN(c2ncnc(NN)c2C(C)C)CC1. The number of anilines is 2. The van der Waals surface area contributed by atoms with Crippen molar-refractivity contribution < 1.29 is 4.79 Å². The molecule has 1 fully saturated rings. The summed E-state index contributed by atoms with van der Waals surface area (Å²) in [7, 11) is 0. The maximum absolute atomic E-state index is 11.1. The summed E-state index contributed by atoms with van der Waals surface area (Å²) in [6.07, 6.45) is 3.38. The molecule has 0 unspecified atom stereocenters. The number of amides is 1. The number of nitrogens with two attached hydrogens (primary N) is 1. The van der Waals surface area contributed by atoms with E-state index in [0.29, 0.717) is 5.82 Å². The third kappa shape index (κ3) is 3.60. The number of hydrazine groups is 1. The molecule has 1 saturated heterocycles. The number of piperidine rings is 1. The highest BCUT2D eigenvalue weighted by atomic mass is 16.1. The molecular formula is C14H24N6O. The molecule has 2 heterocycles. The van der Waals surface area contributed by atoms with E-state index in [1.807, 2.05) is 0 Å². The summed E-state index contributed by atoms with van der Waals surface area (Å²) in [5.74, 6) is 7.49. The van der Waals surface area contributed by atoms with Gasteiger partial charge in [-0.25, -0.2) is 15.8 Å². The molecule has 1 aliphatic heterocycles. The summed E-state index contributed by atoms with van der Waals surface area (Å²) in [6.45, 7) is 7.50. The van der Waals surface area contributed by atoms with Crippen LogP contribution in [0.2, 0.25) is 0 Å². The molecule has 1 amide bonds. The summed E-state index contributed by atoms with van der Waals surface area (Å²) in [4.78, 5) is 22.0. The predicted molar refractivity (Wildman–Crippen MR) is 83.0 cm³/mol. The quantitative estimate of drug-likeness (QED) is 0.566. The second-order valence-corrected chi connectivity index (χ2v) is 5.72. The molecule has 0 radical (unpaired) electrons. The summed E-state index contributed by atoms with van der Waals surface area (Å²) >= 11 is 0. The Balaban J connectivity index is 2.15. The van der Waals surface area contributed by atoms with Crippen LogP contribution in [0, 0.1) is 0 Å². The van der Waals surface area contributed by atoms with Crippen LogP contribution in [-0.2, 0) is 4.79 Å². The molecule has 0 spiro atoms. The summed E-state index contributed by atoms with van der Waals surface area (Å²) < 4.78 is 0. The molecule has 7 heteroatoms. The van der Waals surface area contributed by atoms with Gasteiger partial charge in [0.05, 0.1) is 0 Å². The normalized spacial score (nSPS) is 16.1. The lowest BCUT2D eigenvalue weighted by molar-refractivity contribution is -0.119. The molecule has 1 aliphatic rings. The van der Waals surface area contributed by atoms with E-state index in [4.69, 9.17) is 5.84 Å². The first-order chi connectivity index (χ1) is 10.0. The third-order valence-corrected chi connectivity index (χ3v) is 3.78. The standard InChI is InChI=1S/C14H24N6O/c1-9(2)12-13(19-15)16-8-17-14(12)20-6-4-11(5-7-20)18-10(3)21/h8-9,11H,4-7,15H2,1-3H3,(H,18,21)(H,16,17,19). The molecule has 0 aliphatic carbocycles. The van der Waals surface area contributed by atoms with Gasteiger partial charge in [0, 0.05) is 31.6 Å². The second-order valence-electron chi connectivity index (χ2n) is 5.72. The zero-order valence-corrected chi connectivity index (χ0v) is 12.9. The zero-order chi connectivity index (χ0) is 15.4. The average Bonchev–Trinajstić information content (AvgIpc) is 2.46. The van der Waals surface area contributed by atoms with E-state index < -0.39 is 0 Å². The van der Waals surface area contributed by atoms with Crippen molar-refractivity contribution in [3.63, 3.8) is 0 Å². The Morgan fingerprint density at radius 1 is 1.38 bits per heavy atom. The summed E-state index contributed by atoms with van der Waals surface area (Å²) in [6, 6.07) is 0.259. The summed E-state index contributed by atoms with van der Waals surface area (Å²) in [5.41, 5.74) is 3.70. The van der Waals surface area contributed by atoms with Gasteiger partial charge in [0.1, 0.15) is 18.0 Å². The minimum Gasteiger partial charge on any atom is -0.356 e. The molecule has 7 nitrogen and oxygen atoms in total. The maximum atomic E-state index is 11.1. The first-order valence-corrected chi connectivity index (χ1v) is 7.36. The van der Waals surface area contributed by atoms with Crippen LogP contribution in [0.1, 0.15) is 45.1 Å². The smallest absolute Gasteiger partial charge is 0.217 e. The van der Waals surface area contributed by atoms with Gasteiger partial charge in [-0.05, 0) is 18.8 Å². The highest BCUT2D eigenvalue weighted by Gasteiger charge is 2.24. The molecule has 21 heavy (non-hydrogen) atoms. The first kappa shape index (κ1) is 15.5. The number of rotatable bonds is 4. The van der Waals surface area contributed by atoms with Gasteiger partial charge >= 0.3 is 0 Å². The van der Waals surface area contributed by atoms with Gasteiger partial charge in [-0.15, -0.1) is 0 Å². The van der Waals surface area contributed by atoms with E-state index in [1.54, 1.807) is 6.92 Å². The highest BCUT2D eigenvalue weighted by Crippen LogP contribution is 2.31. The van der Waals surface area contributed by atoms with Crippen molar-refractivity contribution in [2.75, 3.05) is 23.4 Å². The molecule has 0 atom stereocenters. The fourth-order valence-corrected chi connectivity index (χ4v) is 2.81. The fraction of sp³-hybridized carbons (Fsp3) is 0.643. The third-order valence-electron chi connectivity index (χ3n) is 3.78. The van der Waals surface area contributed by atoms with E-state index in [2.05, 4.69) is 39.5 Å². The van der Waals surface area contributed by atoms with Crippen LogP contribution in [0.3, 0.4) is 0 Å². The zero-order valence-electron chi connectivity index (χ0n) is 12.9. The highest BCUT2D eigenvalue weighted by molar-refractivity contribution is 5.73. The van der Waals surface area contributed by atoms with E-state index in [0.717, 1.165) is 37.3 Å². The molecule has 0 aromatic carbocycles. The van der Waals surface area contributed by atoms with Crippen LogP contribution in [0.25, 0.3) is 0 Å². The second kappa shape index (κ2) is 6.71. The van der Waals surface area contributed by atoms with E-state index in [-0.39, 0.29) is 17.9 Å². The Morgan fingerprint density at radius 3 is 2.57 bits per heavy atom. The summed E-state index contributed by atoms with van der Waals surface area (Å²) in [5, 5.41) is 2.98. The molecule has 4 N–H and O–H groups in total. The Labute approximate surface area is 125 Å². The molecule has 0 saturated carbocycles. The maximum Gasteiger partial charge on any atom is 0.217 e. The van der Waals surface area contributed by atoms with Crippen molar-refractivity contribution in [1.29, 1.82) is 0 Å². The Morgan fingerprint density at radius 2 is 2.05 bits per heavy atom. The van der Waals surface area contributed by atoms with Gasteiger partial charge in [-0.3, -0.25) is 4.79 Å². The van der Waals surface area contributed by atoms with Gasteiger partial charge in [0.15, 0.2) is 0 Å². The van der Waals surface area contributed by atoms with Crippen molar-refractivity contribution in [2.24, 2.45) is 5.84 Å². The van der Waals surface area contributed by atoms with Crippen molar-refractivity contribution >= 4 is 17.5 Å². The molecule has 1 aromatic rings. The molecule has 1 aromatic heterocycles. The van der Waals surface area contributed by atoms with Crippen LogP contribution in [0.5, 0.6) is 0 Å². The van der Waals surface area contributed by atoms with Crippen LogP contribution in [0.4, 0.5) is 11.6 Å². The fourth-order valence-electron chi connectivity index (χ4n) is 2.81. The van der Waals surface area contributed by atoms with Crippen LogP contribution in [-0.4, -0.2) is 35.0 Å². The number of nitrogens with zero attached hydrogens (tertiary/aromatic N) is 3. The predicted octanol–water partition coefficient (Wildman–Crippen LogP) is 0.990. The number of carbonyl (C=O) groups excluding carboxylic acids is 1. The van der Waals surface area contributed by atoms with E-state index >= 15 is 0 Å². The van der Waals surface area contributed by atoms with Gasteiger partial charge in [-0.1, -0.05) is 13.8 Å². The Hall–Kier alpha value is -1.89. The van der Waals surface area contributed by atoms with Gasteiger partial charge < -0.3 is 15.6 Å². The van der Waals surface area contributed by atoms with Crippen LogP contribution >= 0.6 is 0 Å². The van der Waals surface area contributed by atoms with Gasteiger partial charge in [-0.2, -0.15) is 0 Å². The van der Waals surface area contributed by atoms with Gasteiger partial charge in [0.2, 0.25) is 5.91 Å². The van der Waals surface area contributed by atoms with Crippen molar-refractivity contribution in [3.8, 4) is 0 Å². The monoisotopic (exact) mass is 292 g/mol. The van der Waals surface area contributed by atoms with E-state index in [9.17, 15) is 4.79 Å². The lowest BCUT2D eigenvalue weighted by Crippen LogP contribution is -2.44. The van der Waals surface area contributed by atoms with Gasteiger partial charge in [0.25, 0.3) is 0 Å². The lowest BCUT2D eigenvalue weighted by Gasteiger charge is -2.34. The Bertz CT molecular complexity index is 496.